The number of primary amides is 1. The topological polar surface area (TPSA) is 90.9 Å². The van der Waals surface area contributed by atoms with Crippen LogP contribution in [0.2, 0.25) is 0 Å². The third-order valence-corrected chi connectivity index (χ3v) is 2.37. The van der Waals surface area contributed by atoms with Gasteiger partial charge in [0.1, 0.15) is 11.6 Å². The zero-order valence-electron chi connectivity index (χ0n) is 8.62. The summed E-state index contributed by atoms with van der Waals surface area (Å²) in [7, 11) is 0. The summed E-state index contributed by atoms with van der Waals surface area (Å²) in [6.45, 7) is 1.51. The second-order valence-corrected chi connectivity index (χ2v) is 3.43. The fourth-order valence-electron chi connectivity index (χ4n) is 1.38. The highest BCUT2D eigenvalue weighted by molar-refractivity contribution is 5.79. The summed E-state index contributed by atoms with van der Waals surface area (Å²) in [5.74, 6) is -0.619. The highest BCUT2D eigenvalue weighted by Gasteiger charge is 2.15. The molecular formula is C10H10N4O2. The monoisotopic (exact) mass is 218 g/mol. The van der Waals surface area contributed by atoms with E-state index in [1.807, 2.05) is 0 Å². The van der Waals surface area contributed by atoms with Crippen LogP contribution >= 0.6 is 0 Å². The number of aromatic nitrogens is 3. The smallest absolute Gasteiger partial charge is 0.278 e. The van der Waals surface area contributed by atoms with Crippen LogP contribution in [0.3, 0.4) is 0 Å². The van der Waals surface area contributed by atoms with E-state index in [0.29, 0.717) is 10.9 Å². The Morgan fingerprint density at radius 1 is 1.44 bits per heavy atom. The van der Waals surface area contributed by atoms with Gasteiger partial charge < -0.3 is 5.73 Å². The van der Waals surface area contributed by atoms with Crippen molar-refractivity contribution in [1.29, 1.82) is 0 Å². The first-order chi connectivity index (χ1) is 7.61. The first-order valence-corrected chi connectivity index (χ1v) is 4.75. The van der Waals surface area contributed by atoms with Gasteiger partial charge in [-0.1, -0.05) is 17.3 Å². The van der Waals surface area contributed by atoms with E-state index < -0.39 is 11.9 Å². The van der Waals surface area contributed by atoms with Gasteiger partial charge in [-0.2, -0.15) is 4.68 Å². The van der Waals surface area contributed by atoms with Gasteiger partial charge in [-0.15, -0.1) is 5.10 Å². The molecule has 2 rings (SSSR count). The maximum Gasteiger partial charge on any atom is 0.278 e. The molecule has 1 aromatic heterocycles. The fraction of sp³-hybridized carbons (Fsp3) is 0.200. The van der Waals surface area contributed by atoms with E-state index in [0.717, 1.165) is 4.68 Å². The maximum absolute atomic E-state index is 11.9. The van der Waals surface area contributed by atoms with Crippen molar-refractivity contribution in [2.45, 2.75) is 13.0 Å². The minimum Gasteiger partial charge on any atom is -0.368 e. The standard InChI is InChI=1S/C10H10N4O2/c1-6(9(11)15)14-10(16)7-4-2-3-5-8(7)12-13-14/h2-6H,1H3,(H2,11,15). The number of amides is 1. The number of hydrogen-bond acceptors (Lipinski definition) is 4. The van der Waals surface area contributed by atoms with Gasteiger partial charge in [-0.3, -0.25) is 9.59 Å². The lowest BCUT2D eigenvalue weighted by Gasteiger charge is -2.08. The van der Waals surface area contributed by atoms with Crippen molar-refractivity contribution in [3.63, 3.8) is 0 Å². The quantitative estimate of drug-likeness (QED) is 0.758. The van der Waals surface area contributed by atoms with Crippen LogP contribution in [0.5, 0.6) is 0 Å². The summed E-state index contributed by atoms with van der Waals surface area (Å²) < 4.78 is 0.991. The number of carbonyl (C=O) groups is 1. The van der Waals surface area contributed by atoms with Crippen LogP contribution in [0.1, 0.15) is 13.0 Å². The molecule has 0 aliphatic heterocycles. The SMILES string of the molecule is CC(C(N)=O)n1nnc2ccccc2c1=O. The van der Waals surface area contributed by atoms with Gasteiger partial charge in [0, 0.05) is 0 Å². The Bertz CT molecular complexity index is 605. The van der Waals surface area contributed by atoms with Crippen molar-refractivity contribution in [3.8, 4) is 0 Å². The van der Waals surface area contributed by atoms with Gasteiger partial charge >= 0.3 is 0 Å². The molecule has 0 radical (unpaired) electrons. The van der Waals surface area contributed by atoms with Crippen LogP contribution in [0.4, 0.5) is 0 Å². The van der Waals surface area contributed by atoms with Crippen molar-refractivity contribution in [1.82, 2.24) is 15.0 Å². The Balaban J connectivity index is 2.70. The Labute approximate surface area is 90.7 Å². The molecule has 16 heavy (non-hydrogen) atoms. The summed E-state index contributed by atoms with van der Waals surface area (Å²) >= 11 is 0. The van der Waals surface area contributed by atoms with Gasteiger partial charge in [-0.05, 0) is 19.1 Å². The number of hydrogen-bond donors (Lipinski definition) is 1. The molecule has 1 amide bonds. The summed E-state index contributed by atoms with van der Waals surface area (Å²) in [6, 6.07) is 6.01. The lowest BCUT2D eigenvalue weighted by Crippen LogP contribution is -2.34. The van der Waals surface area contributed by atoms with E-state index in [4.69, 9.17) is 5.73 Å². The van der Waals surface area contributed by atoms with E-state index in [1.54, 1.807) is 24.3 Å². The van der Waals surface area contributed by atoms with E-state index in [1.165, 1.54) is 6.92 Å². The molecule has 0 fully saturated rings. The molecule has 1 unspecified atom stereocenters. The normalized spacial score (nSPS) is 12.6. The second kappa shape index (κ2) is 3.73. The van der Waals surface area contributed by atoms with Crippen molar-refractivity contribution in [2.24, 2.45) is 5.73 Å². The average molecular weight is 218 g/mol. The number of rotatable bonds is 2. The summed E-state index contributed by atoms with van der Waals surface area (Å²) in [5.41, 5.74) is 5.25. The summed E-state index contributed by atoms with van der Waals surface area (Å²) in [6.07, 6.45) is 0. The molecule has 1 atom stereocenters. The number of benzene rings is 1. The van der Waals surface area contributed by atoms with Crippen molar-refractivity contribution in [2.75, 3.05) is 0 Å². The Morgan fingerprint density at radius 2 is 2.12 bits per heavy atom. The molecule has 2 N–H and O–H groups in total. The predicted molar refractivity (Wildman–Crippen MR) is 57.7 cm³/mol. The molecule has 0 saturated heterocycles. The Kier molecular flexibility index (Phi) is 2.40. The molecule has 0 saturated carbocycles. The summed E-state index contributed by atoms with van der Waals surface area (Å²) in [4.78, 5) is 22.9. The first kappa shape index (κ1) is 10.3. The Morgan fingerprint density at radius 3 is 2.81 bits per heavy atom. The largest absolute Gasteiger partial charge is 0.368 e. The van der Waals surface area contributed by atoms with Crippen LogP contribution in [0.15, 0.2) is 29.1 Å². The molecule has 0 aliphatic carbocycles. The van der Waals surface area contributed by atoms with E-state index >= 15 is 0 Å². The molecular weight excluding hydrogens is 208 g/mol. The van der Waals surface area contributed by atoms with Crippen LogP contribution < -0.4 is 11.3 Å². The number of nitrogens with zero attached hydrogens (tertiary/aromatic N) is 3. The molecule has 6 nitrogen and oxygen atoms in total. The molecule has 0 aliphatic rings. The minimum atomic E-state index is -0.801. The van der Waals surface area contributed by atoms with Gasteiger partial charge in [0.05, 0.1) is 5.39 Å². The fourth-order valence-corrected chi connectivity index (χ4v) is 1.38. The molecule has 0 bridgehead atoms. The van der Waals surface area contributed by atoms with Gasteiger partial charge in [-0.25, -0.2) is 0 Å². The van der Waals surface area contributed by atoms with Crippen molar-refractivity contribution in [3.05, 3.63) is 34.6 Å². The van der Waals surface area contributed by atoms with Crippen molar-refractivity contribution < 1.29 is 4.79 Å². The van der Waals surface area contributed by atoms with Gasteiger partial charge in [0.15, 0.2) is 0 Å². The van der Waals surface area contributed by atoms with Crippen LogP contribution in [0, 0.1) is 0 Å². The van der Waals surface area contributed by atoms with E-state index in [9.17, 15) is 9.59 Å². The molecule has 6 heteroatoms. The molecule has 82 valence electrons. The highest BCUT2D eigenvalue weighted by Crippen LogP contribution is 2.05. The first-order valence-electron chi connectivity index (χ1n) is 4.75. The van der Waals surface area contributed by atoms with E-state index in [2.05, 4.69) is 10.3 Å². The zero-order valence-corrected chi connectivity index (χ0v) is 8.62. The van der Waals surface area contributed by atoms with Crippen molar-refractivity contribution >= 4 is 16.8 Å². The van der Waals surface area contributed by atoms with Gasteiger partial charge in [0.2, 0.25) is 5.91 Å². The molecule has 1 aromatic carbocycles. The van der Waals surface area contributed by atoms with Crippen LogP contribution in [-0.2, 0) is 4.79 Å². The second-order valence-electron chi connectivity index (χ2n) is 3.43. The number of carbonyl (C=O) groups excluding carboxylic acids is 1. The lowest BCUT2D eigenvalue weighted by atomic mass is 10.2. The highest BCUT2D eigenvalue weighted by atomic mass is 16.2. The molecule has 2 aromatic rings. The minimum absolute atomic E-state index is 0.364. The summed E-state index contributed by atoms with van der Waals surface area (Å²) in [5, 5.41) is 7.95. The van der Waals surface area contributed by atoms with Crippen LogP contribution in [0.25, 0.3) is 10.9 Å². The Hall–Kier alpha value is -2.24. The lowest BCUT2D eigenvalue weighted by molar-refractivity contribution is -0.121. The zero-order chi connectivity index (χ0) is 11.7. The van der Waals surface area contributed by atoms with E-state index in [-0.39, 0.29) is 5.56 Å². The van der Waals surface area contributed by atoms with Gasteiger partial charge in [0.25, 0.3) is 5.56 Å². The third kappa shape index (κ3) is 1.54. The number of nitrogens with two attached hydrogens (primary N) is 1. The third-order valence-electron chi connectivity index (χ3n) is 2.37. The molecule has 1 heterocycles. The van der Waals surface area contributed by atoms with Crippen LogP contribution in [-0.4, -0.2) is 20.9 Å². The number of fused-ring (bicyclic) bond motifs is 1. The molecule has 0 spiro atoms. The predicted octanol–water partition coefficient (Wildman–Crippen LogP) is -0.162. The average Bonchev–Trinajstić information content (AvgIpc) is 2.29. The maximum atomic E-state index is 11.9.